The highest BCUT2D eigenvalue weighted by molar-refractivity contribution is 6.15. The van der Waals surface area contributed by atoms with E-state index in [2.05, 4.69) is 0 Å². The van der Waals surface area contributed by atoms with Gasteiger partial charge in [-0.15, -0.1) is 0 Å². The number of methoxy groups -OCH3 is 2. The van der Waals surface area contributed by atoms with Crippen LogP contribution in [0.2, 0.25) is 0 Å². The zero-order chi connectivity index (χ0) is 18.1. The van der Waals surface area contributed by atoms with Gasteiger partial charge in [0.1, 0.15) is 17.1 Å². The largest absolute Gasteiger partial charge is 0.497 e. The van der Waals surface area contributed by atoms with Gasteiger partial charge in [0.2, 0.25) is 5.78 Å². The summed E-state index contributed by atoms with van der Waals surface area (Å²) in [4.78, 5) is 23.2. The summed E-state index contributed by atoms with van der Waals surface area (Å²) in [6, 6.07) is 8.72. The van der Waals surface area contributed by atoms with Crippen LogP contribution in [0.25, 0.3) is 11.0 Å². The minimum Gasteiger partial charge on any atom is -0.497 e. The van der Waals surface area contributed by atoms with E-state index in [-0.39, 0.29) is 28.3 Å². The number of anilines is 1. The number of nitrogen functional groups attached to an aromatic ring is 1. The normalized spacial score (nSPS) is 10.6. The number of nitrogens with zero attached hydrogens (tertiary/aromatic N) is 1. The van der Waals surface area contributed by atoms with Crippen LogP contribution in [0.1, 0.15) is 16.1 Å². The number of fused-ring (bicyclic) bond motifs is 1. The van der Waals surface area contributed by atoms with Gasteiger partial charge < -0.3 is 19.6 Å². The Balaban J connectivity index is 2.15. The quantitative estimate of drug-likeness (QED) is 0.430. The summed E-state index contributed by atoms with van der Waals surface area (Å²) < 4.78 is 15.9. The SMILES string of the molecule is COc1ccc(OC)c(C(=O)c2oc3ccc([N+](=O)[O-])cc3c2N)c1. The average Bonchev–Trinajstić information content (AvgIpc) is 2.96. The fraction of sp³-hybridized carbons (Fsp3) is 0.118. The van der Waals surface area contributed by atoms with Crippen LogP contribution in [0, 0.1) is 10.1 Å². The number of nitro groups is 1. The molecule has 0 radical (unpaired) electrons. The number of carbonyl (C=O) groups is 1. The number of hydrogen-bond acceptors (Lipinski definition) is 7. The highest BCUT2D eigenvalue weighted by atomic mass is 16.6. The molecule has 128 valence electrons. The molecule has 0 fully saturated rings. The van der Waals surface area contributed by atoms with E-state index >= 15 is 0 Å². The van der Waals surface area contributed by atoms with Gasteiger partial charge in [0.15, 0.2) is 5.76 Å². The van der Waals surface area contributed by atoms with Crippen molar-refractivity contribution in [2.45, 2.75) is 0 Å². The summed E-state index contributed by atoms with van der Waals surface area (Å²) in [6.45, 7) is 0. The van der Waals surface area contributed by atoms with E-state index in [1.54, 1.807) is 12.1 Å². The van der Waals surface area contributed by atoms with Crippen LogP contribution in [-0.2, 0) is 0 Å². The molecule has 2 aromatic carbocycles. The van der Waals surface area contributed by atoms with E-state index in [4.69, 9.17) is 19.6 Å². The van der Waals surface area contributed by atoms with Crippen molar-refractivity contribution in [2.24, 2.45) is 0 Å². The first-order valence-electron chi connectivity index (χ1n) is 7.19. The Kier molecular flexibility index (Phi) is 4.02. The maximum Gasteiger partial charge on any atom is 0.270 e. The number of non-ortho nitro benzene ring substituents is 1. The molecule has 0 unspecified atom stereocenters. The van der Waals surface area contributed by atoms with E-state index in [9.17, 15) is 14.9 Å². The number of nitrogens with two attached hydrogens (primary N) is 1. The van der Waals surface area contributed by atoms with E-state index in [1.165, 1.54) is 38.5 Å². The molecule has 0 aliphatic heterocycles. The van der Waals surface area contributed by atoms with Gasteiger partial charge in [-0.3, -0.25) is 14.9 Å². The van der Waals surface area contributed by atoms with Gasteiger partial charge in [-0.1, -0.05) is 0 Å². The molecule has 0 atom stereocenters. The number of hydrogen-bond donors (Lipinski definition) is 1. The van der Waals surface area contributed by atoms with Crippen molar-refractivity contribution in [1.29, 1.82) is 0 Å². The number of carbonyl (C=O) groups excluding carboxylic acids is 1. The highest BCUT2D eigenvalue weighted by Crippen LogP contribution is 2.34. The number of ketones is 1. The maximum atomic E-state index is 12.9. The van der Waals surface area contributed by atoms with Crippen molar-refractivity contribution >= 4 is 28.1 Å². The molecule has 3 rings (SSSR count). The Morgan fingerprint density at radius 3 is 2.56 bits per heavy atom. The monoisotopic (exact) mass is 342 g/mol. The third kappa shape index (κ3) is 2.74. The summed E-state index contributed by atoms with van der Waals surface area (Å²) >= 11 is 0. The van der Waals surface area contributed by atoms with Crippen molar-refractivity contribution in [3.8, 4) is 11.5 Å². The summed E-state index contributed by atoms with van der Waals surface area (Å²) in [5, 5.41) is 11.2. The van der Waals surface area contributed by atoms with E-state index in [0.29, 0.717) is 16.9 Å². The molecule has 2 N–H and O–H groups in total. The molecule has 8 heteroatoms. The lowest BCUT2D eigenvalue weighted by atomic mass is 10.1. The Hall–Kier alpha value is -3.55. The predicted molar refractivity (Wildman–Crippen MR) is 90.3 cm³/mol. The molecule has 0 spiro atoms. The molecule has 8 nitrogen and oxygen atoms in total. The lowest BCUT2D eigenvalue weighted by Crippen LogP contribution is -2.05. The van der Waals surface area contributed by atoms with Crippen molar-refractivity contribution in [2.75, 3.05) is 20.0 Å². The Labute approximate surface area is 141 Å². The lowest BCUT2D eigenvalue weighted by Gasteiger charge is -2.08. The Morgan fingerprint density at radius 1 is 1.16 bits per heavy atom. The zero-order valence-electron chi connectivity index (χ0n) is 13.4. The number of furan rings is 1. The molecule has 0 saturated heterocycles. The Bertz CT molecular complexity index is 992. The maximum absolute atomic E-state index is 12.9. The standard InChI is InChI=1S/C17H14N2O6/c1-23-10-4-6-13(24-2)12(8-10)16(20)17-15(18)11-7-9(19(21)22)3-5-14(11)25-17/h3-8H,18H2,1-2H3. The van der Waals surface area contributed by atoms with Crippen LogP contribution < -0.4 is 15.2 Å². The third-order valence-corrected chi connectivity index (χ3v) is 3.78. The van der Waals surface area contributed by atoms with Gasteiger partial charge in [0, 0.05) is 12.1 Å². The molecule has 3 aromatic rings. The number of nitro benzene ring substituents is 1. The average molecular weight is 342 g/mol. The van der Waals surface area contributed by atoms with Crippen LogP contribution in [0.4, 0.5) is 11.4 Å². The van der Waals surface area contributed by atoms with Crippen LogP contribution in [0.3, 0.4) is 0 Å². The minimum atomic E-state index is -0.543. The first kappa shape index (κ1) is 16.3. The second kappa shape index (κ2) is 6.16. The fourth-order valence-corrected chi connectivity index (χ4v) is 2.50. The Morgan fingerprint density at radius 2 is 1.92 bits per heavy atom. The first-order valence-corrected chi connectivity index (χ1v) is 7.19. The van der Waals surface area contributed by atoms with Crippen LogP contribution >= 0.6 is 0 Å². The van der Waals surface area contributed by atoms with Gasteiger partial charge in [0.05, 0.1) is 35.8 Å². The topological polar surface area (TPSA) is 118 Å². The summed E-state index contributed by atoms with van der Waals surface area (Å²) in [5.41, 5.74) is 6.39. The van der Waals surface area contributed by atoms with Crippen molar-refractivity contribution in [3.05, 3.63) is 57.8 Å². The smallest absolute Gasteiger partial charge is 0.270 e. The molecular weight excluding hydrogens is 328 g/mol. The second-order valence-corrected chi connectivity index (χ2v) is 5.18. The van der Waals surface area contributed by atoms with Crippen LogP contribution in [0.15, 0.2) is 40.8 Å². The number of rotatable bonds is 5. The molecule has 1 heterocycles. The lowest BCUT2D eigenvalue weighted by molar-refractivity contribution is -0.384. The molecule has 0 saturated carbocycles. The molecule has 0 bridgehead atoms. The van der Waals surface area contributed by atoms with Gasteiger partial charge in [0.25, 0.3) is 5.69 Å². The first-order chi connectivity index (χ1) is 12.0. The molecule has 0 aliphatic rings. The second-order valence-electron chi connectivity index (χ2n) is 5.18. The van der Waals surface area contributed by atoms with Crippen molar-refractivity contribution in [3.63, 3.8) is 0 Å². The van der Waals surface area contributed by atoms with E-state index < -0.39 is 10.7 Å². The van der Waals surface area contributed by atoms with Gasteiger partial charge >= 0.3 is 0 Å². The summed E-state index contributed by atoms with van der Waals surface area (Å²) in [5.74, 6) is 0.181. The summed E-state index contributed by atoms with van der Waals surface area (Å²) in [6.07, 6.45) is 0. The van der Waals surface area contributed by atoms with Gasteiger partial charge in [-0.2, -0.15) is 0 Å². The van der Waals surface area contributed by atoms with Gasteiger partial charge in [-0.25, -0.2) is 0 Å². The van der Waals surface area contributed by atoms with Crippen LogP contribution in [-0.4, -0.2) is 24.9 Å². The predicted octanol–water partition coefficient (Wildman–Crippen LogP) is 3.17. The zero-order valence-corrected chi connectivity index (χ0v) is 13.4. The minimum absolute atomic E-state index is 0.0357. The molecule has 0 aliphatic carbocycles. The van der Waals surface area contributed by atoms with Gasteiger partial charge in [-0.05, 0) is 24.3 Å². The number of benzene rings is 2. The molecular formula is C17H14N2O6. The third-order valence-electron chi connectivity index (χ3n) is 3.78. The van der Waals surface area contributed by atoms with E-state index in [1.807, 2.05) is 0 Å². The van der Waals surface area contributed by atoms with Crippen molar-refractivity contribution < 1.29 is 23.6 Å². The van der Waals surface area contributed by atoms with Crippen molar-refractivity contribution in [1.82, 2.24) is 0 Å². The summed E-state index contributed by atoms with van der Waals surface area (Å²) in [7, 11) is 2.91. The molecule has 1 aromatic heterocycles. The molecule has 0 amide bonds. The highest BCUT2D eigenvalue weighted by Gasteiger charge is 2.24. The number of ether oxygens (including phenoxy) is 2. The van der Waals surface area contributed by atoms with Crippen LogP contribution in [0.5, 0.6) is 11.5 Å². The fourth-order valence-electron chi connectivity index (χ4n) is 2.50. The molecule has 25 heavy (non-hydrogen) atoms. The van der Waals surface area contributed by atoms with E-state index in [0.717, 1.165) is 0 Å².